The van der Waals surface area contributed by atoms with Crippen LogP contribution in [0, 0.1) is 0 Å². The second-order valence-corrected chi connectivity index (χ2v) is 7.13. The van der Waals surface area contributed by atoms with Crippen molar-refractivity contribution in [3.05, 3.63) is 71.3 Å². The quantitative estimate of drug-likeness (QED) is 0.379. The van der Waals surface area contributed by atoms with E-state index in [9.17, 15) is 19.2 Å². The van der Waals surface area contributed by atoms with Gasteiger partial charge < -0.3 is 26.4 Å². The summed E-state index contributed by atoms with van der Waals surface area (Å²) in [7, 11) is 0. The van der Waals surface area contributed by atoms with Crippen LogP contribution in [0.25, 0.3) is 0 Å². The van der Waals surface area contributed by atoms with E-state index in [1.807, 2.05) is 30.3 Å². The minimum atomic E-state index is -1.13. The van der Waals surface area contributed by atoms with Gasteiger partial charge in [-0.05, 0) is 29.7 Å². The molecule has 3 amide bonds. The highest BCUT2D eigenvalue weighted by atomic mass is 16.4. The number of carbonyl (C=O) groups excluding carboxylic acids is 3. The Morgan fingerprint density at radius 1 is 0.906 bits per heavy atom. The molecule has 0 atom stereocenters. The maximum atomic E-state index is 12.4. The molecule has 9 heteroatoms. The number of hydrogen-bond donors (Lipinski definition) is 4. The van der Waals surface area contributed by atoms with Gasteiger partial charge in [0.2, 0.25) is 11.8 Å². The fourth-order valence-electron chi connectivity index (χ4n) is 2.96. The zero-order chi connectivity index (χ0) is 23.3. The summed E-state index contributed by atoms with van der Waals surface area (Å²) >= 11 is 0. The van der Waals surface area contributed by atoms with Crippen LogP contribution in [0.3, 0.4) is 0 Å². The summed E-state index contributed by atoms with van der Waals surface area (Å²) in [5.41, 5.74) is 7.81. The zero-order valence-electron chi connectivity index (χ0n) is 17.8. The Bertz CT molecular complexity index is 916. The van der Waals surface area contributed by atoms with E-state index in [2.05, 4.69) is 10.6 Å². The van der Waals surface area contributed by atoms with Gasteiger partial charge in [-0.2, -0.15) is 0 Å². The Hall–Kier alpha value is -3.72. The highest BCUT2D eigenvalue weighted by Crippen LogP contribution is 2.05. The Balaban J connectivity index is 1.75. The number of amides is 3. The molecule has 0 aliphatic rings. The Labute approximate surface area is 186 Å². The first-order chi connectivity index (χ1) is 15.4. The molecular formula is C23H28N4O5. The van der Waals surface area contributed by atoms with E-state index in [-0.39, 0.29) is 32.0 Å². The Morgan fingerprint density at radius 2 is 1.59 bits per heavy atom. The largest absolute Gasteiger partial charge is 0.480 e. The maximum absolute atomic E-state index is 12.4. The number of nitrogens with two attached hydrogens (primary N) is 1. The number of benzene rings is 2. The van der Waals surface area contributed by atoms with Crippen molar-refractivity contribution in [1.82, 2.24) is 15.5 Å². The van der Waals surface area contributed by atoms with E-state index in [4.69, 9.17) is 10.8 Å². The third-order valence-electron chi connectivity index (χ3n) is 4.71. The van der Waals surface area contributed by atoms with Crippen LogP contribution in [0.1, 0.15) is 27.9 Å². The number of nitrogens with one attached hydrogen (secondary N) is 2. The molecule has 0 saturated carbocycles. The minimum Gasteiger partial charge on any atom is -0.480 e. The molecule has 0 fully saturated rings. The monoisotopic (exact) mass is 440 g/mol. The van der Waals surface area contributed by atoms with E-state index < -0.39 is 24.3 Å². The molecule has 0 aliphatic heterocycles. The summed E-state index contributed by atoms with van der Waals surface area (Å²) in [4.78, 5) is 48.8. The lowest BCUT2D eigenvalue weighted by atomic mass is 10.1. The van der Waals surface area contributed by atoms with Gasteiger partial charge in [-0.25, -0.2) is 0 Å². The summed E-state index contributed by atoms with van der Waals surface area (Å²) in [5, 5.41) is 14.2. The molecule has 0 saturated heterocycles. The second kappa shape index (κ2) is 12.9. The van der Waals surface area contributed by atoms with Crippen LogP contribution in [-0.4, -0.2) is 59.9 Å². The van der Waals surface area contributed by atoms with Crippen molar-refractivity contribution in [2.24, 2.45) is 5.73 Å². The van der Waals surface area contributed by atoms with Gasteiger partial charge in [0.25, 0.3) is 5.91 Å². The molecule has 2 aromatic carbocycles. The first-order valence-electron chi connectivity index (χ1n) is 10.3. The molecule has 0 bridgehead atoms. The smallest absolute Gasteiger partial charge is 0.323 e. The normalized spacial score (nSPS) is 10.3. The SMILES string of the molecule is NCc1ccc(C(=O)NCC(=O)NCCN(CC(=O)O)C(=O)CCc2ccccc2)cc1. The Morgan fingerprint density at radius 3 is 2.22 bits per heavy atom. The molecule has 0 heterocycles. The van der Waals surface area contributed by atoms with Gasteiger partial charge in [-0.3, -0.25) is 19.2 Å². The lowest BCUT2D eigenvalue weighted by molar-refractivity contribution is -0.144. The standard InChI is InChI=1S/C23H28N4O5/c24-14-18-6-9-19(10-7-18)23(32)26-15-20(28)25-12-13-27(16-22(30)31)21(29)11-8-17-4-2-1-3-5-17/h1-7,9-10H,8,11-16,24H2,(H,25,28)(H,26,32)(H,30,31). The average molecular weight is 441 g/mol. The van der Waals surface area contributed by atoms with Crippen molar-refractivity contribution in [1.29, 1.82) is 0 Å². The van der Waals surface area contributed by atoms with Crippen LogP contribution in [0.4, 0.5) is 0 Å². The minimum absolute atomic E-state index is 0.0557. The first-order valence-corrected chi connectivity index (χ1v) is 10.3. The number of carbonyl (C=O) groups is 4. The summed E-state index contributed by atoms with van der Waals surface area (Å²) in [6.07, 6.45) is 0.671. The van der Waals surface area contributed by atoms with Crippen LogP contribution >= 0.6 is 0 Å². The van der Waals surface area contributed by atoms with Gasteiger partial charge in [0.1, 0.15) is 6.54 Å². The van der Waals surface area contributed by atoms with Crippen molar-refractivity contribution in [3.63, 3.8) is 0 Å². The summed E-state index contributed by atoms with van der Waals surface area (Å²) < 4.78 is 0. The maximum Gasteiger partial charge on any atom is 0.323 e. The van der Waals surface area contributed by atoms with Gasteiger partial charge in [-0.1, -0.05) is 42.5 Å². The van der Waals surface area contributed by atoms with Gasteiger partial charge in [0.15, 0.2) is 0 Å². The van der Waals surface area contributed by atoms with Crippen molar-refractivity contribution in [2.45, 2.75) is 19.4 Å². The van der Waals surface area contributed by atoms with Crippen molar-refractivity contribution >= 4 is 23.7 Å². The van der Waals surface area contributed by atoms with Gasteiger partial charge >= 0.3 is 5.97 Å². The highest BCUT2D eigenvalue weighted by Gasteiger charge is 2.17. The van der Waals surface area contributed by atoms with Crippen LogP contribution < -0.4 is 16.4 Å². The van der Waals surface area contributed by atoms with Crippen molar-refractivity contribution in [2.75, 3.05) is 26.2 Å². The summed E-state index contributed by atoms with van der Waals surface area (Å²) in [6.45, 7) is -0.181. The second-order valence-electron chi connectivity index (χ2n) is 7.13. The third-order valence-corrected chi connectivity index (χ3v) is 4.71. The lowest BCUT2D eigenvalue weighted by Crippen LogP contribution is -2.43. The molecule has 0 aromatic heterocycles. The first kappa shape index (κ1) is 24.5. The highest BCUT2D eigenvalue weighted by molar-refractivity contribution is 5.96. The van der Waals surface area contributed by atoms with E-state index in [1.54, 1.807) is 24.3 Å². The number of aryl methyl sites for hydroxylation is 1. The number of nitrogens with zero attached hydrogens (tertiary/aromatic N) is 1. The molecule has 2 rings (SSSR count). The number of carboxylic acids is 1. The van der Waals surface area contributed by atoms with Crippen LogP contribution in [0.5, 0.6) is 0 Å². The molecule has 0 radical (unpaired) electrons. The molecule has 0 aliphatic carbocycles. The fourth-order valence-corrected chi connectivity index (χ4v) is 2.96. The molecule has 0 unspecified atom stereocenters. The van der Waals surface area contributed by atoms with Crippen molar-refractivity contribution in [3.8, 4) is 0 Å². The summed E-state index contributed by atoms with van der Waals surface area (Å²) in [5.74, 6) is -2.27. The topological polar surface area (TPSA) is 142 Å². The molecule has 0 spiro atoms. The van der Waals surface area contributed by atoms with E-state index in [0.29, 0.717) is 18.5 Å². The van der Waals surface area contributed by atoms with Crippen LogP contribution in [0.2, 0.25) is 0 Å². The predicted octanol–water partition coefficient (Wildman–Crippen LogP) is 0.537. The third kappa shape index (κ3) is 8.57. The molecule has 2 aromatic rings. The zero-order valence-corrected chi connectivity index (χ0v) is 17.8. The van der Waals surface area contributed by atoms with E-state index in [1.165, 1.54) is 4.90 Å². The van der Waals surface area contributed by atoms with Gasteiger partial charge in [0.05, 0.1) is 6.54 Å². The lowest BCUT2D eigenvalue weighted by Gasteiger charge is -2.21. The number of aliphatic carboxylic acids is 1. The van der Waals surface area contributed by atoms with Crippen molar-refractivity contribution < 1.29 is 24.3 Å². The number of hydrogen-bond acceptors (Lipinski definition) is 5. The fraction of sp³-hybridized carbons (Fsp3) is 0.304. The van der Waals surface area contributed by atoms with Gasteiger partial charge in [-0.15, -0.1) is 0 Å². The summed E-state index contributed by atoms with van der Waals surface area (Å²) in [6, 6.07) is 16.1. The number of rotatable bonds is 12. The Kier molecular flexibility index (Phi) is 9.86. The van der Waals surface area contributed by atoms with E-state index >= 15 is 0 Å². The predicted molar refractivity (Wildman–Crippen MR) is 119 cm³/mol. The van der Waals surface area contributed by atoms with Crippen LogP contribution in [-0.2, 0) is 27.3 Å². The average Bonchev–Trinajstić information content (AvgIpc) is 2.80. The van der Waals surface area contributed by atoms with E-state index in [0.717, 1.165) is 11.1 Å². The molecule has 170 valence electrons. The molecule has 5 N–H and O–H groups in total. The number of carboxylic acid groups (broad SMARTS) is 1. The molecule has 9 nitrogen and oxygen atoms in total. The van der Waals surface area contributed by atoms with Crippen LogP contribution in [0.15, 0.2) is 54.6 Å². The molecular weight excluding hydrogens is 412 g/mol. The van der Waals surface area contributed by atoms with Gasteiger partial charge in [0, 0.05) is 31.6 Å². The molecule has 32 heavy (non-hydrogen) atoms.